The van der Waals surface area contributed by atoms with E-state index in [1.807, 2.05) is 0 Å². The van der Waals surface area contributed by atoms with Crippen LogP contribution in [0.4, 0.5) is 0 Å². The van der Waals surface area contributed by atoms with E-state index in [0.29, 0.717) is 13.0 Å². The van der Waals surface area contributed by atoms with Crippen molar-refractivity contribution < 1.29 is 19.8 Å². The van der Waals surface area contributed by atoms with E-state index in [1.165, 1.54) is 25.7 Å². The van der Waals surface area contributed by atoms with Crippen LogP contribution in [0.3, 0.4) is 0 Å². The van der Waals surface area contributed by atoms with Gasteiger partial charge in [-0.2, -0.15) is 0 Å². The lowest BCUT2D eigenvalue weighted by atomic mass is 10.1. The Kier molecular flexibility index (Phi) is 26.9. The average molecular weight is 451 g/mol. The van der Waals surface area contributed by atoms with Crippen LogP contribution in [0.15, 0.2) is 48.6 Å². The summed E-state index contributed by atoms with van der Waals surface area (Å²) in [5.41, 5.74) is 10.4. The molecule has 0 fully saturated rings. The number of rotatable bonds is 19. The van der Waals surface area contributed by atoms with Gasteiger partial charge in [0.15, 0.2) is 0 Å². The lowest BCUT2D eigenvalue weighted by Crippen LogP contribution is -2.29. The number of unbranched alkanes of at least 4 members (excludes halogenated alkanes) is 5. The molecule has 0 bridgehead atoms. The van der Waals surface area contributed by atoms with Gasteiger partial charge in [0, 0.05) is 6.42 Å². The molecule has 32 heavy (non-hydrogen) atoms. The maximum Gasteiger partial charge on any atom is 0.320 e. The Balaban J connectivity index is 0. The van der Waals surface area contributed by atoms with Crippen molar-refractivity contribution in [3.8, 4) is 0 Å². The third kappa shape index (κ3) is 30.0. The summed E-state index contributed by atoms with van der Waals surface area (Å²) >= 11 is 0. The number of allylic oxidation sites excluding steroid dienone is 8. The van der Waals surface area contributed by atoms with E-state index in [9.17, 15) is 9.59 Å². The highest BCUT2D eigenvalue weighted by Crippen LogP contribution is 2.01. The zero-order chi connectivity index (χ0) is 24.3. The molecule has 184 valence electrons. The maximum absolute atomic E-state index is 10.3. The van der Waals surface area contributed by atoms with Crippen molar-refractivity contribution >= 4 is 11.9 Å². The van der Waals surface area contributed by atoms with Gasteiger partial charge >= 0.3 is 11.9 Å². The van der Waals surface area contributed by atoms with Crippen molar-refractivity contribution in [3.63, 3.8) is 0 Å². The zero-order valence-corrected chi connectivity index (χ0v) is 20.0. The summed E-state index contributed by atoms with van der Waals surface area (Å²) in [6, 6.07) is -0.716. The highest BCUT2D eigenvalue weighted by atomic mass is 16.4. The van der Waals surface area contributed by atoms with Crippen molar-refractivity contribution in [2.75, 3.05) is 6.54 Å². The first kappa shape index (κ1) is 32.0. The van der Waals surface area contributed by atoms with Gasteiger partial charge < -0.3 is 21.7 Å². The molecule has 1 atom stereocenters. The van der Waals surface area contributed by atoms with Crippen LogP contribution in [-0.4, -0.2) is 34.7 Å². The molecule has 6 N–H and O–H groups in total. The predicted molar refractivity (Wildman–Crippen MR) is 135 cm³/mol. The first-order valence-electron chi connectivity index (χ1n) is 12.0. The monoisotopic (exact) mass is 450 g/mol. The second-order valence-corrected chi connectivity index (χ2v) is 7.60. The first-order valence-corrected chi connectivity index (χ1v) is 12.0. The Labute approximate surface area is 195 Å². The van der Waals surface area contributed by atoms with Gasteiger partial charge in [0.05, 0.1) is 0 Å². The Morgan fingerprint density at radius 3 is 1.69 bits per heavy atom. The molecule has 0 aliphatic rings. The molecule has 0 spiro atoms. The number of aliphatic carboxylic acids is 2. The number of hydrogen-bond acceptors (Lipinski definition) is 4. The van der Waals surface area contributed by atoms with Gasteiger partial charge in [-0.25, -0.2) is 0 Å². The smallest absolute Gasteiger partial charge is 0.320 e. The van der Waals surface area contributed by atoms with Crippen LogP contribution in [0.25, 0.3) is 0 Å². The van der Waals surface area contributed by atoms with Crippen LogP contribution in [-0.2, 0) is 9.59 Å². The van der Waals surface area contributed by atoms with Gasteiger partial charge in [0.1, 0.15) is 6.04 Å². The van der Waals surface area contributed by atoms with E-state index in [2.05, 4.69) is 55.5 Å². The number of nitrogens with two attached hydrogens (primary N) is 2. The van der Waals surface area contributed by atoms with Gasteiger partial charge in [0.2, 0.25) is 0 Å². The normalized spacial score (nSPS) is 12.6. The van der Waals surface area contributed by atoms with E-state index in [4.69, 9.17) is 21.7 Å². The van der Waals surface area contributed by atoms with Crippen LogP contribution in [0, 0.1) is 0 Å². The van der Waals surface area contributed by atoms with Crippen molar-refractivity contribution in [1.82, 2.24) is 0 Å². The lowest BCUT2D eigenvalue weighted by molar-refractivity contribution is -0.139. The van der Waals surface area contributed by atoms with Crippen molar-refractivity contribution in [2.24, 2.45) is 11.5 Å². The van der Waals surface area contributed by atoms with E-state index >= 15 is 0 Å². The Morgan fingerprint density at radius 1 is 0.750 bits per heavy atom. The van der Waals surface area contributed by atoms with E-state index in [0.717, 1.165) is 44.9 Å². The molecule has 6 heteroatoms. The number of carbonyl (C=O) groups is 2. The van der Waals surface area contributed by atoms with Crippen LogP contribution < -0.4 is 11.5 Å². The number of carboxylic acids is 2. The summed E-state index contributed by atoms with van der Waals surface area (Å²) in [7, 11) is 0. The van der Waals surface area contributed by atoms with E-state index in [1.54, 1.807) is 0 Å². The molecule has 0 heterocycles. The van der Waals surface area contributed by atoms with Gasteiger partial charge in [-0.1, -0.05) is 74.8 Å². The second kappa shape index (κ2) is 26.9. The van der Waals surface area contributed by atoms with Gasteiger partial charge in [-0.15, -0.1) is 0 Å². The Hall–Kier alpha value is -2.18. The fraction of sp³-hybridized carbons (Fsp3) is 0.615. The largest absolute Gasteiger partial charge is 0.481 e. The Morgan fingerprint density at radius 2 is 1.25 bits per heavy atom. The summed E-state index contributed by atoms with van der Waals surface area (Å²) < 4.78 is 0. The van der Waals surface area contributed by atoms with Gasteiger partial charge in [-0.05, 0) is 64.3 Å². The summed E-state index contributed by atoms with van der Waals surface area (Å²) in [6.07, 6.45) is 29.5. The standard InChI is InChI=1S/C20H32O2.C6H14N2O2/c1-2-3-4-5-6-7-8-9-10-11-12-13-14-15-16-17-18-19-20(21)22;7-4-2-1-3-5(8)6(9)10/h6-7,9-10,12-13,15-16H,2-5,8,11,14,17-19H2,1H3,(H,21,22);5H,1-4,7-8H2,(H,9,10)/b7-6-,10-9-,13-12-,16-15-;. The van der Waals surface area contributed by atoms with Gasteiger partial charge in [-0.3, -0.25) is 9.59 Å². The molecule has 0 aromatic heterocycles. The van der Waals surface area contributed by atoms with Crippen LogP contribution in [0.2, 0.25) is 0 Å². The molecule has 1 unspecified atom stereocenters. The molecule has 6 nitrogen and oxygen atoms in total. The minimum absolute atomic E-state index is 0.262. The molecular formula is C26H46N2O4. The fourth-order valence-electron chi connectivity index (χ4n) is 2.56. The molecule has 0 aliphatic carbocycles. The third-order valence-electron chi connectivity index (χ3n) is 4.51. The van der Waals surface area contributed by atoms with Crippen LogP contribution in [0.5, 0.6) is 0 Å². The van der Waals surface area contributed by atoms with Crippen LogP contribution in [0.1, 0.15) is 90.4 Å². The molecule has 0 radical (unpaired) electrons. The fourth-order valence-corrected chi connectivity index (χ4v) is 2.56. The summed E-state index contributed by atoms with van der Waals surface area (Å²) in [5.74, 6) is -1.65. The SMILES string of the molecule is CCCCC/C=C\C/C=C\C/C=C\C/C=C\CCCC(=O)O.NCCCCC(N)C(=O)O. The molecular weight excluding hydrogens is 404 g/mol. The molecule has 0 aromatic carbocycles. The first-order chi connectivity index (χ1) is 15.5. The molecule has 0 amide bonds. The molecule has 0 rings (SSSR count). The average Bonchev–Trinajstić information content (AvgIpc) is 2.76. The highest BCUT2D eigenvalue weighted by Gasteiger charge is 2.09. The molecule has 0 aliphatic heterocycles. The van der Waals surface area contributed by atoms with Crippen LogP contribution >= 0.6 is 0 Å². The third-order valence-corrected chi connectivity index (χ3v) is 4.51. The summed E-state index contributed by atoms with van der Waals surface area (Å²) in [6.45, 7) is 2.83. The van der Waals surface area contributed by atoms with Crippen molar-refractivity contribution in [2.45, 2.75) is 96.4 Å². The predicted octanol–water partition coefficient (Wildman–Crippen LogP) is 5.74. The minimum atomic E-state index is -0.933. The second-order valence-electron chi connectivity index (χ2n) is 7.60. The molecule has 0 saturated carbocycles. The quantitative estimate of drug-likeness (QED) is 0.147. The molecule has 0 saturated heterocycles. The summed E-state index contributed by atoms with van der Waals surface area (Å²) in [5, 5.41) is 16.8. The van der Waals surface area contributed by atoms with Crippen molar-refractivity contribution in [3.05, 3.63) is 48.6 Å². The zero-order valence-electron chi connectivity index (χ0n) is 20.0. The minimum Gasteiger partial charge on any atom is -0.481 e. The number of hydrogen-bond donors (Lipinski definition) is 4. The Bertz CT molecular complexity index is 554. The number of carboxylic acid groups (broad SMARTS) is 2. The van der Waals surface area contributed by atoms with Crippen molar-refractivity contribution in [1.29, 1.82) is 0 Å². The topological polar surface area (TPSA) is 127 Å². The van der Waals surface area contributed by atoms with Gasteiger partial charge in [0.25, 0.3) is 0 Å². The summed E-state index contributed by atoms with van der Waals surface area (Å²) in [4.78, 5) is 20.5. The molecule has 0 aromatic rings. The lowest BCUT2D eigenvalue weighted by Gasteiger charge is -2.03. The van der Waals surface area contributed by atoms with E-state index < -0.39 is 18.0 Å². The maximum atomic E-state index is 10.3. The highest BCUT2D eigenvalue weighted by molar-refractivity contribution is 5.72. The van der Waals surface area contributed by atoms with E-state index in [-0.39, 0.29) is 6.42 Å².